The van der Waals surface area contributed by atoms with E-state index in [-0.39, 0.29) is 11.6 Å². The van der Waals surface area contributed by atoms with Crippen LogP contribution in [0.1, 0.15) is 40.7 Å². The number of amides is 2. The molecule has 1 fully saturated rings. The lowest BCUT2D eigenvalue weighted by Crippen LogP contribution is -2.39. The summed E-state index contributed by atoms with van der Waals surface area (Å²) in [4.78, 5) is 35.2. The number of imidazole rings is 1. The molecule has 2 N–H and O–H groups in total. The van der Waals surface area contributed by atoms with Crippen LogP contribution in [0.25, 0.3) is 16.9 Å². The Morgan fingerprint density at radius 3 is 2.70 bits per heavy atom. The Balaban J connectivity index is 1.87. The number of piperidine rings is 1. The van der Waals surface area contributed by atoms with Crippen molar-refractivity contribution in [3.63, 3.8) is 0 Å². The van der Waals surface area contributed by atoms with E-state index in [4.69, 9.17) is 5.73 Å². The fourth-order valence-electron chi connectivity index (χ4n) is 3.62. The van der Waals surface area contributed by atoms with Gasteiger partial charge in [-0.25, -0.2) is 9.97 Å². The molecule has 1 unspecified atom stereocenters. The van der Waals surface area contributed by atoms with Crippen LogP contribution in [-0.2, 0) is 0 Å². The minimum Gasteiger partial charge on any atom is -0.364 e. The highest BCUT2D eigenvalue weighted by Gasteiger charge is 2.25. The van der Waals surface area contributed by atoms with E-state index in [1.165, 1.54) is 6.33 Å². The number of aromatic nitrogens is 3. The number of nitrogens with zero attached hydrogens (tertiary/aromatic N) is 4. The second kappa shape index (κ2) is 6.83. The van der Waals surface area contributed by atoms with Crippen LogP contribution in [0.4, 0.5) is 0 Å². The first kappa shape index (κ1) is 17.2. The summed E-state index contributed by atoms with van der Waals surface area (Å²) in [5.74, 6) is -0.325. The first-order chi connectivity index (χ1) is 13.0. The number of benzene rings is 1. The lowest BCUT2D eigenvalue weighted by Gasteiger charge is -2.30. The molecule has 2 aromatic heterocycles. The Kier molecular flexibility index (Phi) is 4.35. The van der Waals surface area contributed by atoms with Gasteiger partial charge in [-0.1, -0.05) is 37.3 Å². The molecule has 7 nitrogen and oxygen atoms in total. The predicted molar refractivity (Wildman–Crippen MR) is 101 cm³/mol. The minimum atomic E-state index is -0.666. The molecule has 1 aromatic carbocycles. The van der Waals surface area contributed by atoms with E-state index < -0.39 is 5.91 Å². The monoisotopic (exact) mass is 363 g/mol. The average molecular weight is 363 g/mol. The third kappa shape index (κ3) is 3.16. The fourth-order valence-corrected chi connectivity index (χ4v) is 3.62. The molecule has 1 aliphatic rings. The minimum absolute atomic E-state index is 0.0637. The average Bonchev–Trinajstić information content (AvgIpc) is 3.11. The summed E-state index contributed by atoms with van der Waals surface area (Å²) in [6.07, 6.45) is 3.63. The molecule has 1 saturated heterocycles. The maximum atomic E-state index is 13.1. The Morgan fingerprint density at radius 1 is 1.22 bits per heavy atom. The van der Waals surface area contributed by atoms with Gasteiger partial charge in [-0.3, -0.25) is 14.0 Å². The largest absolute Gasteiger partial charge is 0.364 e. The third-order valence-corrected chi connectivity index (χ3v) is 4.97. The first-order valence-corrected chi connectivity index (χ1v) is 9.07. The van der Waals surface area contributed by atoms with E-state index >= 15 is 0 Å². The second-order valence-corrected chi connectivity index (χ2v) is 7.04. The van der Waals surface area contributed by atoms with Gasteiger partial charge in [-0.05, 0) is 30.4 Å². The van der Waals surface area contributed by atoms with Crippen molar-refractivity contribution < 1.29 is 9.59 Å². The molecular weight excluding hydrogens is 342 g/mol. The number of fused-ring (bicyclic) bond motifs is 1. The van der Waals surface area contributed by atoms with Crippen molar-refractivity contribution in [2.75, 3.05) is 13.1 Å². The van der Waals surface area contributed by atoms with Crippen LogP contribution < -0.4 is 5.73 Å². The zero-order valence-electron chi connectivity index (χ0n) is 15.1. The third-order valence-electron chi connectivity index (χ3n) is 4.97. The van der Waals surface area contributed by atoms with Crippen LogP contribution in [0.3, 0.4) is 0 Å². The van der Waals surface area contributed by atoms with Gasteiger partial charge >= 0.3 is 0 Å². The highest BCUT2D eigenvalue weighted by atomic mass is 16.2. The van der Waals surface area contributed by atoms with Gasteiger partial charge in [0.2, 0.25) is 0 Å². The molecule has 27 heavy (non-hydrogen) atoms. The van der Waals surface area contributed by atoms with E-state index in [9.17, 15) is 9.59 Å². The van der Waals surface area contributed by atoms with E-state index in [1.54, 1.807) is 10.5 Å². The Bertz CT molecular complexity index is 1010. The van der Waals surface area contributed by atoms with Gasteiger partial charge in [0.05, 0.1) is 5.69 Å². The van der Waals surface area contributed by atoms with Gasteiger partial charge in [0.15, 0.2) is 11.3 Å². The van der Waals surface area contributed by atoms with Crippen molar-refractivity contribution in [1.82, 2.24) is 19.3 Å². The maximum Gasteiger partial charge on any atom is 0.272 e. The van der Waals surface area contributed by atoms with Gasteiger partial charge < -0.3 is 10.6 Å². The highest BCUT2D eigenvalue weighted by molar-refractivity contribution is 5.99. The fraction of sp³-hybridized carbons (Fsp3) is 0.300. The Hall–Kier alpha value is -3.22. The van der Waals surface area contributed by atoms with Crippen LogP contribution in [-0.4, -0.2) is 44.2 Å². The summed E-state index contributed by atoms with van der Waals surface area (Å²) in [7, 11) is 0. The number of hydrogen-bond acceptors (Lipinski definition) is 4. The molecule has 0 radical (unpaired) electrons. The molecule has 0 bridgehead atoms. The van der Waals surface area contributed by atoms with Crippen molar-refractivity contribution >= 4 is 17.5 Å². The summed E-state index contributed by atoms with van der Waals surface area (Å²) >= 11 is 0. The Labute approximate surface area is 156 Å². The lowest BCUT2D eigenvalue weighted by atomic mass is 10.00. The van der Waals surface area contributed by atoms with Crippen molar-refractivity contribution in [3.8, 4) is 11.3 Å². The standard InChI is InChI=1S/C20H21N5O2/c1-13-6-5-9-24(11-13)20(27)15-10-16(14-7-3-2-4-8-14)25-12-22-17(18(21)26)19(25)23-15/h2-4,7-8,10,12-13H,5-6,9,11H2,1H3,(H2,21,26). The number of carbonyl (C=O) groups is 2. The molecule has 0 aliphatic carbocycles. The molecular formula is C20H21N5O2. The van der Waals surface area contributed by atoms with Crippen LogP contribution in [0, 0.1) is 5.92 Å². The highest BCUT2D eigenvalue weighted by Crippen LogP contribution is 2.24. The van der Waals surface area contributed by atoms with Crippen molar-refractivity contribution in [3.05, 3.63) is 54.1 Å². The molecule has 1 atom stereocenters. The molecule has 1 aliphatic heterocycles. The van der Waals surface area contributed by atoms with Crippen molar-refractivity contribution in [2.45, 2.75) is 19.8 Å². The van der Waals surface area contributed by atoms with Crippen molar-refractivity contribution in [1.29, 1.82) is 0 Å². The summed E-state index contributed by atoms with van der Waals surface area (Å²) in [6, 6.07) is 11.4. The van der Waals surface area contributed by atoms with Crippen LogP contribution >= 0.6 is 0 Å². The predicted octanol–water partition coefficient (Wildman–Crippen LogP) is 2.37. The normalized spacial score (nSPS) is 17.2. The van der Waals surface area contributed by atoms with E-state index in [0.29, 0.717) is 23.8 Å². The van der Waals surface area contributed by atoms with E-state index in [2.05, 4.69) is 16.9 Å². The number of nitrogens with two attached hydrogens (primary N) is 1. The molecule has 2 amide bonds. The van der Waals surface area contributed by atoms with Crippen molar-refractivity contribution in [2.24, 2.45) is 11.7 Å². The van der Waals surface area contributed by atoms with E-state index in [0.717, 1.165) is 30.6 Å². The van der Waals surface area contributed by atoms with Gasteiger partial charge in [-0.15, -0.1) is 0 Å². The van der Waals surface area contributed by atoms with Gasteiger partial charge in [0.25, 0.3) is 11.8 Å². The summed E-state index contributed by atoms with van der Waals surface area (Å²) in [5.41, 5.74) is 7.77. The number of rotatable bonds is 3. The second-order valence-electron chi connectivity index (χ2n) is 7.04. The molecule has 0 saturated carbocycles. The smallest absolute Gasteiger partial charge is 0.272 e. The van der Waals surface area contributed by atoms with Crippen LogP contribution in [0.15, 0.2) is 42.7 Å². The summed E-state index contributed by atoms with van der Waals surface area (Å²) in [5, 5.41) is 0. The molecule has 7 heteroatoms. The molecule has 138 valence electrons. The summed E-state index contributed by atoms with van der Waals surface area (Å²) < 4.78 is 1.70. The Morgan fingerprint density at radius 2 is 2.00 bits per heavy atom. The molecule has 4 rings (SSSR count). The quantitative estimate of drug-likeness (QED) is 0.773. The number of hydrogen-bond donors (Lipinski definition) is 1. The van der Waals surface area contributed by atoms with Gasteiger partial charge in [0, 0.05) is 13.1 Å². The van der Waals surface area contributed by atoms with Crippen LogP contribution in [0.2, 0.25) is 0 Å². The van der Waals surface area contributed by atoms with E-state index in [1.807, 2.05) is 35.2 Å². The van der Waals surface area contributed by atoms with Gasteiger partial charge in [0.1, 0.15) is 12.0 Å². The zero-order valence-corrected chi connectivity index (χ0v) is 15.1. The maximum absolute atomic E-state index is 13.1. The first-order valence-electron chi connectivity index (χ1n) is 9.07. The molecule has 0 spiro atoms. The molecule has 3 aromatic rings. The van der Waals surface area contributed by atoms with Gasteiger partial charge in [-0.2, -0.15) is 0 Å². The summed E-state index contributed by atoms with van der Waals surface area (Å²) in [6.45, 7) is 3.58. The topological polar surface area (TPSA) is 93.6 Å². The zero-order chi connectivity index (χ0) is 19.0. The van der Waals surface area contributed by atoms with Crippen LogP contribution in [0.5, 0.6) is 0 Å². The number of primary amides is 1. The number of carbonyl (C=O) groups excluding carboxylic acids is 2. The number of likely N-dealkylation sites (tertiary alicyclic amines) is 1. The SMILES string of the molecule is CC1CCCN(C(=O)c2cc(-c3ccccc3)n3cnc(C(N)=O)c3n2)C1. The lowest BCUT2D eigenvalue weighted by molar-refractivity contribution is 0.0677. The molecule has 3 heterocycles.